The van der Waals surface area contributed by atoms with Crippen molar-refractivity contribution < 1.29 is 13.5 Å². The summed E-state index contributed by atoms with van der Waals surface area (Å²) in [6.07, 6.45) is 5.70. The van der Waals surface area contributed by atoms with Gasteiger partial charge in [0, 0.05) is 36.1 Å². The Labute approximate surface area is 228 Å². The monoisotopic (exact) mass is 545 g/mol. The molecular formula is C28H29F2N9O. The van der Waals surface area contributed by atoms with Gasteiger partial charge >= 0.3 is 0 Å². The van der Waals surface area contributed by atoms with Crippen LogP contribution >= 0.6 is 0 Å². The lowest BCUT2D eigenvalue weighted by Crippen LogP contribution is -2.45. The Morgan fingerprint density at radius 3 is 2.60 bits per heavy atom. The van der Waals surface area contributed by atoms with Gasteiger partial charge in [-0.2, -0.15) is 10.2 Å². The first-order chi connectivity index (χ1) is 19.5. The topological polar surface area (TPSA) is 123 Å². The lowest BCUT2D eigenvalue weighted by Gasteiger charge is -2.38. The van der Waals surface area contributed by atoms with E-state index in [1.165, 1.54) is 6.33 Å². The van der Waals surface area contributed by atoms with Crippen LogP contribution in [0.4, 0.5) is 26.1 Å². The van der Waals surface area contributed by atoms with E-state index in [-0.39, 0.29) is 11.7 Å². The Kier molecular flexibility index (Phi) is 6.28. The molecule has 10 nitrogen and oxygen atoms in total. The van der Waals surface area contributed by atoms with Crippen LogP contribution in [0.15, 0.2) is 42.7 Å². The fraction of sp³-hybridized carbons (Fsp3) is 0.357. The summed E-state index contributed by atoms with van der Waals surface area (Å²) in [5.74, 6) is -0.341. The molecule has 1 aliphatic heterocycles. The van der Waals surface area contributed by atoms with Crippen LogP contribution in [-0.2, 0) is 4.74 Å². The number of nitrogens with two attached hydrogens (primary N) is 1. The average Bonchev–Trinajstić information content (AvgIpc) is 3.58. The van der Waals surface area contributed by atoms with Gasteiger partial charge in [-0.3, -0.25) is 10.00 Å². The van der Waals surface area contributed by atoms with Gasteiger partial charge in [0.05, 0.1) is 35.8 Å². The number of nitrogens with one attached hydrogen (secondary N) is 2. The minimum absolute atomic E-state index is 0.00970. The number of rotatable bonds is 5. The zero-order valence-corrected chi connectivity index (χ0v) is 21.8. The number of halogens is 2. The number of nitrogens with zero attached hydrogens (tertiary/aromatic N) is 6. The first-order valence-corrected chi connectivity index (χ1v) is 13.6. The molecule has 1 saturated carbocycles. The van der Waals surface area contributed by atoms with Crippen molar-refractivity contribution in [3.05, 3.63) is 54.4 Å². The summed E-state index contributed by atoms with van der Waals surface area (Å²) in [6.45, 7) is 3.61. The number of fused-ring (bicyclic) bond motifs is 2. The van der Waals surface area contributed by atoms with E-state index >= 15 is 0 Å². The van der Waals surface area contributed by atoms with Crippen LogP contribution in [0.5, 0.6) is 0 Å². The van der Waals surface area contributed by atoms with Crippen LogP contribution in [0.25, 0.3) is 33.2 Å². The summed E-state index contributed by atoms with van der Waals surface area (Å²) in [7, 11) is 0. The predicted octanol–water partition coefficient (Wildman–Crippen LogP) is 4.79. The summed E-state index contributed by atoms with van der Waals surface area (Å²) in [6, 6.07) is 9.75. The maximum atomic E-state index is 14.2. The second-order valence-electron chi connectivity index (χ2n) is 10.4. The van der Waals surface area contributed by atoms with Gasteiger partial charge in [0.25, 0.3) is 0 Å². The van der Waals surface area contributed by atoms with E-state index in [4.69, 9.17) is 15.6 Å². The van der Waals surface area contributed by atoms with Crippen molar-refractivity contribution in [1.82, 2.24) is 34.8 Å². The highest BCUT2D eigenvalue weighted by atomic mass is 19.1. The normalized spacial score (nSPS) is 20.4. The number of nitrogen functional groups attached to an aromatic ring is 1. The number of anilines is 3. The third-order valence-corrected chi connectivity index (χ3v) is 8.11. The smallest absolute Gasteiger partial charge is 0.164 e. The highest BCUT2D eigenvalue weighted by Crippen LogP contribution is 2.38. The quantitative estimate of drug-likeness (QED) is 0.288. The van der Waals surface area contributed by atoms with Crippen molar-refractivity contribution in [3.63, 3.8) is 0 Å². The third kappa shape index (κ3) is 4.42. The number of aromatic amines is 1. The second kappa shape index (κ2) is 10.1. The molecule has 0 amide bonds. The molecule has 0 spiro atoms. The van der Waals surface area contributed by atoms with Crippen LogP contribution in [0.1, 0.15) is 31.7 Å². The van der Waals surface area contributed by atoms with E-state index in [1.54, 1.807) is 0 Å². The summed E-state index contributed by atoms with van der Waals surface area (Å²) in [5, 5.41) is 16.6. The molecule has 2 fully saturated rings. The first kappa shape index (κ1) is 24.9. The van der Waals surface area contributed by atoms with Crippen molar-refractivity contribution in [2.24, 2.45) is 0 Å². The van der Waals surface area contributed by atoms with Crippen molar-refractivity contribution in [2.45, 2.75) is 37.8 Å². The Morgan fingerprint density at radius 2 is 1.77 bits per heavy atom. The van der Waals surface area contributed by atoms with Crippen molar-refractivity contribution in [3.8, 4) is 11.3 Å². The summed E-state index contributed by atoms with van der Waals surface area (Å²) >= 11 is 0. The lowest BCUT2D eigenvalue weighted by atomic mass is 9.90. The van der Waals surface area contributed by atoms with E-state index in [1.807, 2.05) is 22.9 Å². The fourth-order valence-electron chi connectivity index (χ4n) is 6.05. The largest absolute Gasteiger partial charge is 0.383 e. The molecule has 0 unspecified atom stereocenters. The van der Waals surface area contributed by atoms with Crippen LogP contribution < -0.4 is 11.1 Å². The van der Waals surface area contributed by atoms with E-state index in [0.29, 0.717) is 28.9 Å². The number of ether oxygens (including phenoxy) is 1. The molecule has 4 heterocycles. The SMILES string of the molecule is Nc1ncnc2c1c(-c1ccc3c(Nc4cc(F)ccc4F)n[nH]c3c1)nn2C1CCC(N2CCOCC2)CC1. The molecular weight excluding hydrogens is 516 g/mol. The molecule has 2 aliphatic rings. The molecule has 0 atom stereocenters. The summed E-state index contributed by atoms with van der Waals surface area (Å²) < 4.78 is 35.4. The summed E-state index contributed by atoms with van der Waals surface area (Å²) in [5.41, 5.74) is 9.34. The lowest BCUT2D eigenvalue weighted by molar-refractivity contribution is 0.00520. The molecule has 2 aromatic carbocycles. The van der Waals surface area contributed by atoms with Gasteiger partial charge in [0.15, 0.2) is 11.5 Å². The molecule has 0 radical (unpaired) electrons. The van der Waals surface area contributed by atoms with Crippen molar-refractivity contribution >= 4 is 39.3 Å². The standard InChI is InChI=1S/C28H29F2N9O/c29-17-2-8-21(30)23(14-17)34-27-20-7-1-16(13-22(20)35-36-27)25-24-26(31)32-15-33-28(24)39(37-25)19-5-3-18(4-6-19)38-9-11-40-12-10-38/h1-2,7-8,13-15,18-19H,3-6,9-12H2,(H2,31,32,33)(H2,34,35,36). The Bertz CT molecular complexity index is 1690. The van der Waals surface area contributed by atoms with Gasteiger partial charge in [-0.05, 0) is 49.9 Å². The molecule has 206 valence electrons. The van der Waals surface area contributed by atoms with Gasteiger partial charge in [-0.1, -0.05) is 6.07 Å². The number of aromatic nitrogens is 6. The van der Waals surface area contributed by atoms with Crippen LogP contribution in [0.2, 0.25) is 0 Å². The average molecular weight is 546 g/mol. The molecule has 1 saturated heterocycles. The molecule has 3 aromatic heterocycles. The predicted molar refractivity (Wildman–Crippen MR) is 148 cm³/mol. The maximum absolute atomic E-state index is 14.2. The highest BCUT2D eigenvalue weighted by Gasteiger charge is 2.30. The Balaban J connectivity index is 1.20. The molecule has 5 aromatic rings. The van der Waals surface area contributed by atoms with Gasteiger partial charge in [-0.15, -0.1) is 0 Å². The summed E-state index contributed by atoms with van der Waals surface area (Å²) in [4.78, 5) is 11.4. The van der Waals surface area contributed by atoms with Gasteiger partial charge in [0.2, 0.25) is 0 Å². The fourth-order valence-corrected chi connectivity index (χ4v) is 6.05. The second-order valence-corrected chi connectivity index (χ2v) is 10.4. The Hall–Kier alpha value is -4.16. The van der Waals surface area contributed by atoms with E-state index in [9.17, 15) is 8.78 Å². The minimum Gasteiger partial charge on any atom is -0.383 e. The zero-order valence-electron chi connectivity index (χ0n) is 21.8. The van der Waals surface area contributed by atoms with E-state index < -0.39 is 11.6 Å². The van der Waals surface area contributed by atoms with Crippen LogP contribution in [0, 0.1) is 11.6 Å². The van der Waals surface area contributed by atoms with Gasteiger partial charge < -0.3 is 15.8 Å². The maximum Gasteiger partial charge on any atom is 0.164 e. The molecule has 1 aliphatic carbocycles. The van der Waals surface area contributed by atoms with Gasteiger partial charge in [-0.25, -0.2) is 23.4 Å². The molecule has 7 rings (SSSR count). The number of H-pyrrole nitrogens is 1. The van der Waals surface area contributed by atoms with Crippen LogP contribution in [0.3, 0.4) is 0 Å². The van der Waals surface area contributed by atoms with Gasteiger partial charge in [0.1, 0.15) is 29.5 Å². The molecule has 4 N–H and O–H groups in total. The molecule has 0 bridgehead atoms. The molecule has 12 heteroatoms. The van der Waals surface area contributed by atoms with E-state index in [2.05, 4.69) is 30.4 Å². The Morgan fingerprint density at radius 1 is 0.975 bits per heavy atom. The molecule has 40 heavy (non-hydrogen) atoms. The van der Waals surface area contributed by atoms with Crippen molar-refractivity contribution in [1.29, 1.82) is 0 Å². The minimum atomic E-state index is -0.569. The highest BCUT2D eigenvalue weighted by molar-refractivity contribution is 6.01. The van der Waals surface area contributed by atoms with E-state index in [0.717, 1.165) is 92.2 Å². The number of morpholine rings is 1. The zero-order chi connectivity index (χ0) is 27.2. The third-order valence-electron chi connectivity index (χ3n) is 8.11. The van der Waals surface area contributed by atoms with Crippen molar-refractivity contribution in [2.75, 3.05) is 37.4 Å². The number of benzene rings is 2. The van der Waals surface area contributed by atoms with Crippen LogP contribution in [-0.4, -0.2) is 67.2 Å². The number of hydrogen-bond donors (Lipinski definition) is 3. The first-order valence-electron chi connectivity index (χ1n) is 13.6. The number of hydrogen-bond acceptors (Lipinski definition) is 8.